The van der Waals surface area contributed by atoms with Crippen LogP contribution in [0.5, 0.6) is 0 Å². The minimum absolute atomic E-state index is 0.0624. The quantitative estimate of drug-likeness (QED) is 0.930. The first-order chi connectivity index (χ1) is 8.27. The Morgan fingerprint density at radius 2 is 1.94 bits per heavy atom. The van der Waals surface area contributed by atoms with Gasteiger partial charge in [0.2, 0.25) is 10.0 Å². The summed E-state index contributed by atoms with van der Waals surface area (Å²) < 4.78 is 26.4. The van der Waals surface area contributed by atoms with Crippen molar-refractivity contribution < 1.29 is 8.42 Å². The van der Waals surface area contributed by atoms with Crippen LogP contribution in [0.1, 0.15) is 13.8 Å². The van der Waals surface area contributed by atoms with Gasteiger partial charge < -0.3 is 0 Å². The lowest BCUT2D eigenvalue weighted by molar-refractivity contribution is 0.515. The zero-order valence-electron chi connectivity index (χ0n) is 9.81. The Kier molecular flexibility index (Phi) is 5.00. The maximum absolute atomic E-state index is 12.1. The lowest BCUT2D eigenvalue weighted by Gasteiger charge is -2.15. The maximum Gasteiger partial charge on any atom is 0.243 e. The van der Waals surface area contributed by atoms with Crippen molar-refractivity contribution in [3.63, 3.8) is 0 Å². The van der Waals surface area contributed by atoms with Gasteiger partial charge in [-0.15, -0.1) is 0 Å². The Morgan fingerprint density at radius 1 is 1.33 bits per heavy atom. The summed E-state index contributed by atoms with van der Waals surface area (Å²) >= 11 is 11.6. The zero-order valence-corrected chi connectivity index (χ0v) is 12.1. The van der Waals surface area contributed by atoms with Crippen LogP contribution in [0.2, 0.25) is 10.0 Å². The molecule has 0 radical (unpaired) electrons. The molecule has 1 atom stereocenters. The number of rotatable bonds is 4. The van der Waals surface area contributed by atoms with Gasteiger partial charge in [-0.05, 0) is 24.1 Å². The average molecular weight is 307 g/mol. The van der Waals surface area contributed by atoms with E-state index in [4.69, 9.17) is 28.5 Å². The van der Waals surface area contributed by atoms with Gasteiger partial charge >= 0.3 is 0 Å². The highest BCUT2D eigenvalue weighted by Crippen LogP contribution is 2.25. The second kappa shape index (κ2) is 5.89. The van der Waals surface area contributed by atoms with Gasteiger partial charge in [-0.25, -0.2) is 8.42 Å². The second-order valence-electron chi connectivity index (χ2n) is 4.05. The maximum atomic E-state index is 12.1. The fraction of sp³-hybridized carbons (Fsp3) is 0.364. The van der Waals surface area contributed by atoms with E-state index in [1.807, 2.05) is 6.07 Å². The van der Waals surface area contributed by atoms with Crippen molar-refractivity contribution in [2.24, 2.45) is 5.92 Å². The lowest BCUT2D eigenvalue weighted by Crippen LogP contribution is -2.37. The molecule has 0 heterocycles. The molecular weight excluding hydrogens is 295 g/mol. The van der Waals surface area contributed by atoms with Crippen LogP contribution < -0.4 is 4.72 Å². The van der Waals surface area contributed by atoms with Crippen molar-refractivity contribution in [2.75, 3.05) is 0 Å². The predicted octanol–water partition coefficient (Wildman–Crippen LogP) is 2.82. The van der Waals surface area contributed by atoms with E-state index in [0.717, 1.165) is 0 Å². The van der Waals surface area contributed by atoms with E-state index in [9.17, 15) is 8.42 Å². The summed E-state index contributed by atoms with van der Waals surface area (Å²) in [6, 6.07) is 5.22. The Bertz CT molecular complexity index is 579. The topological polar surface area (TPSA) is 70.0 Å². The molecule has 1 aromatic rings. The van der Waals surface area contributed by atoms with E-state index >= 15 is 0 Å². The molecule has 0 aromatic heterocycles. The largest absolute Gasteiger partial charge is 0.243 e. The third-order valence-corrected chi connectivity index (χ3v) is 4.43. The number of hydrogen-bond donors (Lipinski definition) is 1. The number of sulfonamides is 1. The number of nitrogens with zero attached hydrogens (tertiary/aromatic N) is 1. The number of benzene rings is 1. The smallest absolute Gasteiger partial charge is 0.207 e. The molecule has 98 valence electrons. The van der Waals surface area contributed by atoms with Crippen LogP contribution in [0, 0.1) is 17.2 Å². The third kappa shape index (κ3) is 3.59. The second-order valence-corrected chi connectivity index (χ2v) is 6.57. The molecule has 0 saturated heterocycles. The first kappa shape index (κ1) is 15.3. The van der Waals surface area contributed by atoms with Gasteiger partial charge in [-0.3, -0.25) is 0 Å². The molecular formula is C11H12Cl2N2O2S. The summed E-state index contributed by atoms with van der Waals surface area (Å²) in [7, 11) is -3.86. The molecule has 0 bridgehead atoms. The highest BCUT2D eigenvalue weighted by Gasteiger charge is 2.24. The zero-order chi connectivity index (χ0) is 13.9. The Morgan fingerprint density at radius 3 is 2.44 bits per heavy atom. The molecule has 0 aliphatic heterocycles. The normalized spacial score (nSPS) is 13.3. The number of hydrogen-bond acceptors (Lipinski definition) is 3. The number of nitrogens with one attached hydrogen (secondary N) is 1. The van der Waals surface area contributed by atoms with Crippen LogP contribution >= 0.6 is 23.2 Å². The van der Waals surface area contributed by atoms with E-state index < -0.39 is 16.1 Å². The van der Waals surface area contributed by atoms with E-state index in [2.05, 4.69) is 4.72 Å². The molecule has 0 fully saturated rings. The predicted molar refractivity (Wildman–Crippen MR) is 71.0 cm³/mol. The molecule has 18 heavy (non-hydrogen) atoms. The third-order valence-electron chi connectivity index (χ3n) is 2.27. The van der Waals surface area contributed by atoms with Crippen LogP contribution in [0.4, 0.5) is 0 Å². The van der Waals surface area contributed by atoms with Crippen molar-refractivity contribution in [3.05, 3.63) is 28.2 Å². The summed E-state index contributed by atoms with van der Waals surface area (Å²) in [4.78, 5) is -0.127. The van der Waals surface area contributed by atoms with Crippen molar-refractivity contribution >= 4 is 33.2 Å². The highest BCUT2D eigenvalue weighted by atomic mass is 35.5. The summed E-state index contributed by atoms with van der Waals surface area (Å²) in [5, 5.41) is 9.22. The molecule has 1 unspecified atom stereocenters. The summed E-state index contributed by atoms with van der Waals surface area (Å²) in [6.45, 7) is 3.49. The van der Waals surface area contributed by atoms with Crippen LogP contribution in [0.15, 0.2) is 23.1 Å². The Balaban J connectivity index is 3.15. The first-order valence-corrected chi connectivity index (χ1v) is 7.39. The van der Waals surface area contributed by atoms with Gasteiger partial charge in [-0.2, -0.15) is 9.98 Å². The molecule has 0 saturated carbocycles. The van der Waals surface area contributed by atoms with Gasteiger partial charge in [0.05, 0.1) is 11.1 Å². The van der Waals surface area contributed by atoms with Crippen molar-refractivity contribution in [2.45, 2.75) is 24.8 Å². The van der Waals surface area contributed by atoms with Gasteiger partial charge in [-0.1, -0.05) is 37.0 Å². The van der Waals surface area contributed by atoms with Crippen LogP contribution in [-0.2, 0) is 10.0 Å². The van der Waals surface area contributed by atoms with Crippen LogP contribution in [0.3, 0.4) is 0 Å². The molecule has 1 rings (SSSR count). The molecule has 1 N–H and O–H groups in total. The lowest BCUT2D eigenvalue weighted by atomic mass is 10.1. The van der Waals surface area contributed by atoms with Crippen molar-refractivity contribution in [1.29, 1.82) is 5.26 Å². The van der Waals surface area contributed by atoms with Crippen LogP contribution in [0.25, 0.3) is 0 Å². The summed E-state index contributed by atoms with van der Waals surface area (Å²) in [5.74, 6) is -0.150. The fourth-order valence-electron chi connectivity index (χ4n) is 1.23. The molecule has 0 aliphatic rings. The Hall–Kier alpha value is -0.800. The molecule has 0 aliphatic carbocycles. The molecule has 1 aromatic carbocycles. The van der Waals surface area contributed by atoms with Gasteiger partial charge in [0, 0.05) is 5.02 Å². The van der Waals surface area contributed by atoms with E-state index in [-0.39, 0.29) is 20.9 Å². The monoisotopic (exact) mass is 306 g/mol. The van der Waals surface area contributed by atoms with E-state index in [1.165, 1.54) is 18.2 Å². The van der Waals surface area contributed by atoms with Gasteiger partial charge in [0.15, 0.2) is 0 Å². The van der Waals surface area contributed by atoms with Crippen molar-refractivity contribution in [1.82, 2.24) is 4.72 Å². The molecule has 7 heteroatoms. The van der Waals surface area contributed by atoms with E-state index in [0.29, 0.717) is 0 Å². The molecule has 0 spiro atoms. The molecule has 0 amide bonds. The summed E-state index contributed by atoms with van der Waals surface area (Å²) in [6.07, 6.45) is 0. The van der Waals surface area contributed by atoms with Crippen molar-refractivity contribution in [3.8, 4) is 6.07 Å². The number of halogens is 2. The van der Waals surface area contributed by atoms with Gasteiger partial charge in [0.25, 0.3) is 0 Å². The Labute approximate surface area is 117 Å². The number of nitriles is 1. The molecule has 4 nitrogen and oxygen atoms in total. The SMILES string of the molecule is CC(C)C(C#N)NS(=O)(=O)c1cc(Cl)ccc1Cl. The summed E-state index contributed by atoms with van der Waals surface area (Å²) in [5.41, 5.74) is 0. The average Bonchev–Trinajstić information content (AvgIpc) is 2.28. The highest BCUT2D eigenvalue weighted by molar-refractivity contribution is 7.89. The minimum atomic E-state index is -3.86. The first-order valence-electron chi connectivity index (χ1n) is 5.15. The standard InChI is InChI=1S/C11H12Cl2N2O2S/c1-7(2)10(6-14)15-18(16,17)11-5-8(12)3-4-9(11)13/h3-5,7,10,15H,1-2H3. The van der Waals surface area contributed by atoms with Crippen LogP contribution in [-0.4, -0.2) is 14.5 Å². The fourth-order valence-corrected chi connectivity index (χ4v) is 3.28. The van der Waals surface area contributed by atoms with Gasteiger partial charge in [0.1, 0.15) is 10.9 Å². The van der Waals surface area contributed by atoms with E-state index in [1.54, 1.807) is 13.8 Å². The minimum Gasteiger partial charge on any atom is -0.207 e.